The van der Waals surface area contributed by atoms with E-state index in [0.29, 0.717) is 24.8 Å². The van der Waals surface area contributed by atoms with Gasteiger partial charge in [0.25, 0.3) is 0 Å². The van der Waals surface area contributed by atoms with Gasteiger partial charge in [-0.05, 0) is 0 Å². The maximum absolute atomic E-state index is 4.90. The van der Waals surface area contributed by atoms with Gasteiger partial charge in [-0.1, -0.05) is 10.3 Å². The van der Waals surface area contributed by atoms with Gasteiger partial charge in [0, 0.05) is 13.0 Å². The average molecular weight is 194 g/mol. The van der Waals surface area contributed by atoms with E-state index >= 15 is 0 Å². The van der Waals surface area contributed by atoms with Crippen molar-refractivity contribution in [2.45, 2.75) is 20.0 Å². The summed E-state index contributed by atoms with van der Waals surface area (Å²) >= 11 is 0. The quantitative estimate of drug-likeness (QED) is 0.770. The minimum absolute atomic E-state index is 0.554. The molecule has 2 aromatic heterocycles. The van der Waals surface area contributed by atoms with Crippen LogP contribution in [0.3, 0.4) is 0 Å². The topological polar surface area (TPSA) is 77.0 Å². The monoisotopic (exact) mass is 194 g/mol. The Morgan fingerprint density at radius 2 is 2.29 bits per heavy atom. The summed E-state index contributed by atoms with van der Waals surface area (Å²) in [5, 5.41) is 10.4. The number of hydrogen-bond acceptors (Lipinski definition) is 6. The molecular weight excluding hydrogens is 184 g/mol. The first-order valence-corrected chi connectivity index (χ1v) is 4.24. The van der Waals surface area contributed by atoms with Crippen molar-refractivity contribution in [2.24, 2.45) is 0 Å². The summed E-state index contributed by atoms with van der Waals surface area (Å²) < 4.78 is 9.72. The van der Waals surface area contributed by atoms with Crippen molar-refractivity contribution in [3.8, 4) is 0 Å². The van der Waals surface area contributed by atoms with Gasteiger partial charge >= 0.3 is 0 Å². The Kier molecular flexibility index (Phi) is 2.55. The molecule has 0 aliphatic rings. The van der Waals surface area contributed by atoms with Gasteiger partial charge in [-0.3, -0.25) is 0 Å². The maximum atomic E-state index is 4.90. The van der Waals surface area contributed by atoms with E-state index in [9.17, 15) is 0 Å². The molecule has 74 valence electrons. The van der Waals surface area contributed by atoms with Gasteiger partial charge in [-0.15, -0.1) is 0 Å². The number of aryl methyl sites for hydroxylation is 1. The molecule has 0 fully saturated rings. The summed E-state index contributed by atoms with van der Waals surface area (Å²) in [6, 6.07) is 1.80. The Labute approximate surface area is 80.3 Å². The smallest absolute Gasteiger partial charge is 0.223 e. The van der Waals surface area contributed by atoms with E-state index in [1.54, 1.807) is 19.2 Å². The zero-order valence-corrected chi connectivity index (χ0v) is 7.73. The first-order chi connectivity index (χ1) is 6.84. The van der Waals surface area contributed by atoms with Crippen LogP contribution in [-0.2, 0) is 13.1 Å². The predicted molar refractivity (Wildman–Crippen MR) is 46.1 cm³/mol. The second-order valence-corrected chi connectivity index (χ2v) is 2.81. The van der Waals surface area contributed by atoms with Crippen molar-refractivity contribution in [3.05, 3.63) is 29.7 Å². The summed E-state index contributed by atoms with van der Waals surface area (Å²) in [7, 11) is 0. The Bertz CT molecular complexity index is 382. The number of nitrogens with one attached hydrogen (secondary N) is 1. The second-order valence-electron chi connectivity index (χ2n) is 2.81. The van der Waals surface area contributed by atoms with Gasteiger partial charge in [0.15, 0.2) is 5.82 Å². The largest absolute Gasteiger partial charge is 0.360 e. The molecule has 2 aromatic rings. The molecule has 0 saturated carbocycles. The van der Waals surface area contributed by atoms with Crippen LogP contribution in [0.25, 0.3) is 0 Å². The third-order valence-corrected chi connectivity index (χ3v) is 1.64. The highest BCUT2D eigenvalue weighted by Gasteiger charge is 2.02. The van der Waals surface area contributed by atoms with Crippen LogP contribution >= 0.6 is 0 Å². The minimum Gasteiger partial charge on any atom is -0.360 e. The fraction of sp³-hybridized carbons (Fsp3) is 0.375. The third-order valence-electron chi connectivity index (χ3n) is 1.64. The van der Waals surface area contributed by atoms with Gasteiger partial charge in [0.05, 0.1) is 19.3 Å². The summed E-state index contributed by atoms with van der Waals surface area (Å²) in [5.74, 6) is 1.99. The van der Waals surface area contributed by atoms with Crippen LogP contribution in [0.5, 0.6) is 0 Å². The molecule has 0 radical (unpaired) electrons. The van der Waals surface area contributed by atoms with E-state index in [0.717, 1.165) is 5.76 Å². The summed E-state index contributed by atoms with van der Waals surface area (Å²) in [5.41, 5.74) is 0. The molecule has 0 aromatic carbocycles. The Morgan fingerprint density at radius 1 is 1.36 bits per heavy atom. The van der Waals surface area contributed by atoms with Crippen LogP contribution < -0.4 is 5.32 Å². The Balaban J connectivity index is 1.78. The Hall–Kier alpha value is -1.69. The molecule has 1 N–H and O–H groups in total. The maximum Gasteiger partial charge on any atom is 0.223 e. The number of rotatable bonds is 4. The van der Waals surface area contributed by atoms with E-state index in [1.807, 2.05) is 0 Å². The zero-order chi connectivity index (χ0) is 9.80. The fourth-order valence-corrected chi connectivity index (χ4v) is 1.04. The van der Waals surface area contributed by atoms with Crippen molar-refractivity contribution in [1.82, 2.24) is 20.6 Å². The molecule has 14 heavy (non-hydrogen) atoms. The van der Waals surface area contributed by atoms with E-state index in [-0.39, 0.29) is 0 Å². The molecule has 6 heteroatoms. The van der Waals surface area contributed by atoms with Crippen molar-refractivity contribution in [3.63, 3.8) is 0 Å². The van der Waals surface area contributed by atoms with Gasteiger partial charge in [-0.25, -0.2) is 0 Å². The molecule has 0 atom stereocenters. The van der Waals surface area contributed by atoms with Crippen molar-refractivity contribution >= 4 is 0 Å². The van der Waals surface area contributed by atoms with E-state index in [1.165, 1.54) is 0 Å². The number of hydrogen-bond donors (Lipinski definition) is 1. The molecule has 0 aliphatic carbocycles. The molecule has 0 unspecified atom stereocenters. The van der Waals surface area contributed by atoms with Crippen LogP contribution in [0.4, 0.5) is 0 Å². The van der Waals surface area contributed by atoms with Gasteiger partial charge in [0.1, 0.15) is 5.76 Å². The molecule has 2 rings (SSSR count). The highest BCUT2D eigenvalue weighted by Crippen LogP contribution is 1.97. The zero-order valence-electron chi connectivity index (χ0n) is 7.73. The van der Waals surface area contributed by atoms with Crippen LogP contribution in [0.1, 0.15) is 17.5 Å². The lowest BCUT2D eigenvalue weighted by molar-refractivity contribution is 0.367. The van der Waals surface area contributed by atoms with Gasteiger partial charge < -0.3 is 14.4 Å². The average Bonchev–Trinajstić information content (AvgIpc) is 2.77. The second kappa shape index (κ2) is 4.01. The molecule has 0 bridgehead atoms. The standard InChI is InChI=1S/C8H10N4O2/c1-6-11-8(12-13-6)5-9-4-7-2-3-10-14-7/h2-3,9H,4-5H2,1H3. The fourth-order valence-electron chi connectivity index (χ4n) is 1.04. The lowest BCUT2D eigenvalue weighted by Gasteiger charge is -1.95. The van der Waals surface area contributed by atoms with Crippen LogP contribution in [-0.4, -0.2) is 15.3 Å². The normalized spacial score (nSPS) is 10.6. The molecule has 6 nitrogen and oxygen atoms in total. The highest BCUT2D eigenvalue weighted by molar-refractivity contribution is 4.92. The molecule has 0 spiro atoms. The molecule has 0 amide bonds. The highest BCUT2D eigenvalue weighted by atomic mass is 16.5. The van der Waals surface area contributed by atoms with Crippen molar-refractivity contribution < 1.29 is 9.05 Å². The number of nitrogens with zero attached hydrogens (tertiary/aromatic N) is 3. The van der Waals surface area contributed by atoms with Crippen LogP contribution in [0.15, 0.2) is 21.3 Å². The third kappa shape index (κ3) is 2.17. The van der Waals surface area contributed by atoms with Crippen molar-refractivity contribution in [1.29, 1.82) is 0 Å². The lowest BCUT2D eigenvalue weighted by Crippen LogP contribution is -2.13. The van der Waals surface area contributed by atoms with Gasteiger partial charge in [0.2, 0.25) is 5.89 Å². The van der Waals surface area contributed by atoms with Crippen molar-refractivity contribution in [2.75, 3.05) is 0 Å². The van der Waals surface area contributed by atoms with Crippen LogP contribution in [0, 0.1) is 6.92 Å². The summed E-state index contributed by atoms with van der Waals surface area (Å²) in [6.45, 7) is 2.92. The van der Waals surface area contributed by atoms with E-state index in [4.69, 9.17) is 9.05 Å². The van der Waals surface area contributed by atoms with Gasteiger partial charge in [-0.2, -0.15) is 4.98 Å². The summed E-state index contributed by atoms with van der Waals surface area (Å²) in [6.07, 6.45) is 1.61. The SMILES string of the molecule is Cc1nc(CNCc2ccno2)no1. The first kappa shape index (κ1) is 8.89. The minimum atomic E-state index is 0.554. The first-order valence-electron chi connectivity index (χ1n) is 4.24. The molecular formula is C8H10N4O2. The molecule has 2 heterocycles. The van der Waals surface area contributed by atoms with Crippen LogP contribution in [0.2, 0.25) is 0 Å². The Morgan fingerprint density at radius 3 is 2.93 bits per heavy atom. The number of aromatic nitrogens is 3. The molecule has 0 saturated heterocycles. The summed E-state index contributed by atoms with van der Waals surface area (Å²) in [4.78, 5) is 4.04. The van der Waals surface area contributed by atoms with E-state index < -0.39 is 0 Å². The van der Waals surface area contributed by atoms with E-state index in [2.05, 4.69) is 20.6 Å². The predicted octanol–water partition coefficient (Wildman–Crippen LogP) is 0.656. The lowest BCUT2D eigenvalue weighted by atomic mass is 10.4. The molecule has 0 aliphatic heterocycles.